The van der Waals surface area contributed by atoms with Crippen LogP contribution in [0.15, 0.2) is 47.2 Å². The lowest BCUT2D eigenvalue weighted by molar-refractivity contribution is 0.0502. The fraction of sp³-hybridized carbons (Fsp3) is 0.231. The van der Waals surface area contributed by atoms with Gasteiger partial charge in [-0.3, -0.25) is 5.32 Å². The van der Waals surface area contributed by atoms with Crippen LogP contribution in [0.4, 0.5) is 4.79 Å². The molecule has 2 aliphatic heterocycles. The molecule has 0 saturated heterocycles. The van der Waals surface area contributed by atoms with Crippen molar-refractivity contribution in [3.05, 3.63) is 47.8 Å². The van der Waals surface area contributed by atoms with Crippen LogP contribution in [0.5, 0.6) is 0 Å². The van der Waals surface area contributed by atoms with Crippen molar-refractivity contribution in [2.75, 3.05) is 0 Å². The number of fused-ring (bicyclic) bond motifs is 1. The number of aliphatic imine (C=N–C) groups is 1. The molecule has 3 N–H and O–H groups in total. The Morgan fingerprint density at radius 3 is 2.84 bits per heavy atom. The lowest BCUT2D eigenvalue weighted by Crippen LogP contribution is -2.55. The van der Waals surface area contributed by atoms with Crippen LogP contribution in [-0.4, -0.2) is 27.7 Å². The van der Waals surface area contributed by atoms with Crippen LogP contribution >= 0.6 is 0 Å². The lowest BCUT2D eigenvalue weighted by atomic mass is 10.2. The zero-order chi connectivity index (χ0) is 13.5. The third-order valence-corrected chi connectivity index (χ3v) is 3.17. The van der Waals surface area contributed by atoms with Crippen molar-refractivity contribution < 1.29 is 9.90 Å². The van der Waals surface area contributed by atoms with Gasteiger partial charge in [0.1, 0.15) is 11.5 Å². The van der Waals surface area contributed by atoms with Crippen LogP contribution < -0.4 is 10.6 Å². The van der Waals surface area contributed by atoms with Crippen molar-refractivity contribution in [3.63, 3.8) is 0 Å². The third-order valence-electron chi connectivity index (χ3n) is 3.17. The molecule has 0 saturated carbocycles. The second-order valence-corrected chi connectivity index (χ2v) is 4.53. The molecule has 0 fully saturated rings. The SMILES string of the molecule is CC1=NC2(O)NC(=O)NC=C2N1Cc1ccccc1. The van der Waals surface area contributed by atoms with E-state index in [1.165, 1.54) is 6.20 Å². The van der Waals surface area contributed by atoms with Crippen LogP contribution in [0.25, 0.3) is 0 Å². The van der Waals surface area contributed by atoms with Gasteiger partial charge in [0.05, 0.1) is 0 Å². The van der Waals surface area contributed by atoms with Gasteiger partial charge in [0.25, 0.3) is 5.85 Å². The summed E-state index contributed by atoms with van der Waals surface area (Å²) in [5, 5.41) is 15.3. The molecule has 2 amide bonds. The van der Waals surface area contributed by atoms with Gasteiger partial charge in [0, 0.05) is 12.7 Å². The van der Waals surface area contributed by atoms with Crippen molar-refractivity contribution in [2.45, 2.75) is 19.3 Å². The van der Waals surface area contributed by atoms with Gasteiger partial charge in [-0.2, -0.15) is 0 Å². The Kier molecular flexibility index (Phi) is 2.53. The van der Waals surface area contributed by atoms with E-state index in [-0.39, 0.29) is 0 Å². The average molecular weight is 258 g/mol. The summed E-state index contributed by atoms with van der Waals surface area (Å²) in [4.78, 5) is 17.3. The van der Waals surface area contributed by atoms with Crippen LogP contribution in [0, 0.1) is 0 Å². The summed E-state index contributed by atoms with van der Waals surface area (Å²) in [5.41, 5.74) is 1.62. The molecule has 1 unspecified atom stereocenters. The molecular formula is C13H14N4O2. The van der Waals surface area contributed by atoms with Gasteiger partial charge in [0.15, 0.2) is 0 Å². The number of amides is 2. The molecule has 0 bridgehead atoms. The Balaban J connectivity index is 1.91. The highest BCUT2D eigenvalue weighted by atomic mass is 16.3. The second-order valence-electron chi connectivity index (χ2n) is 4.53. The predicted molar refractivity (Wildman–Crippen MR) is 69.8 cm³/mol. The van der Waals surface area contributed by atoms with Gasteiger partial charge >= 0.3 is 6.03 Å². The zero-order valence-electron chi connectivity index (χ0n) is 10.4. The topological polar surface area (TPSA) is 77.0 Å². The number of hydrogen-bond acceptors (Lipinski definition) is 4. The highest BCUT2D eigenvalue weighted by Gasteiger charge is 2.45. The summed E-state index contributed by atoms with van der Waals surface area (Å²) in [5.74, 6) is -0.997. The van der Waals surface area contributed by atoms with Crippen LogP contribution in [-0.2, 0) is 6.54 Å². The van der Waals surface area contributed by atoms with Crippen LogP contribution in [0.2, 0.25) is 0 Å². The number of nitrogens with one attached hydrogen (secondary N) is 2. The van der Waals surface area contributed by atoms with E-state index in [0.717, 1.165) is 5.56 Å². The maximum Gasteiger partial charge on any atom is 0.322 e. The quantitative estimate of drug-likeness (QED) is 0.731. The van der Waals surface area contributed by atoms with Gasteiger partial charge < -0.3 is 15.3 Å². The van der Waals surface area contributed by atoms with E-state index < -0.39 is 11.9 Å². The van der Waals surface area contributed by atoms with Crippen molar-refractivity contribution >= 4 is 11.9 Å². The average Bonchev–Trinajstić information content (AvgIpc) is 2.61. The molecule has 2 aliphatic rings. The molecule has 0 radical (unpaired) electrons. The molecule has 6 nitrogen and oxygen atoms in total. The van der Waals surface area contributed by atoms with E-state index in [9.17, 15) is 9.90 Å². The molecule has 2 heterocycles. The Bertz CT molecular complexity index is 582. The number of urea groups is 1. The molecule has 1 aromatic rings. The monoisotopic (exact) mass is 258 g/mol. The fourth-order valence-corrected chi connectivity index (χ4v) is 2.28. The molecule has 3 rings (SSSR count). The number of rotatable bonds is 2. The maximum atomic E-state index is 11.3. The summed E-state index contributed by atoms with van der Waals surface area (Å²) < 4.78 is 0. The number of carbonyl (C=O) groups is 1. The molecule has 0 spiro atoms. The zero-order valence-corrected chi connectivity index (χ0v) is 10.4. The largest absolute Gasteiger partial charge is 0.348 e. The normalized spacial score (nSPS) is 25.2. The number of amidine groups is 1. The first-order chi connectivity index (χ1) is 9.08. The fourth-order valence-electron chi connectivity index (χ4n) is 2.28. The van der Waals surface area contributed by atoms with E-state index >= 15 is 0 Å². The van der Waals surface area contributed by atoms with Crippen LogP contribution in [0.3, 0.4) is 0 Å². The van der Waals surface area contributed by atoms with E-state index in [1.807, 2.05) is 35.2 Å². The Hall–Kier alpha value is -2.34. The summed E-state index contributed by atoms with van der Waals surface area (Å²) in [7, 11) is 0. The van der Waals surface area contributed by atoms with Gasteiger partial charge in [0.2, 0.25) is 0 Å². The number of benzene rings is 1. The molecule has 19 heavy (non-hydrogen) atoms. The van der Waals surface area contributed by atoms with Gasteiger partial charge in [-0.25, -0.2) is 9.79 Å². The minimum atomic E-state index is -1.65. The van der Waals surface area contributed by atoms with Crippen molar-refractivity contribution in [3.8, 4) is 0 Å². The lowest BCUT2D eigenvalue weighted by Gasteiger charge is -2.30. The van der Waals surface area contributed by atoms with E-state index in [2.05, 4.69) is 15.6 Å². The standard InChI is InChI=1S/C13H14N4O2/c1-9-15-13(19)11(7-14-12(18)16-13)17(9)8-10-5-3-2-4-6-10/h2-7,19H,8H2,1H3,(H2,14,16,18). The first-order valence-corrected chi connectivity index (χ1v) is 5.98. The van der Waals surface area contributed by atoms with Gasteiger partial charge in [-0.05, 0) is 12.5 Å². The Morgan fingerprint density at radius 2 is 2.11 bits per heavy atom. The van der Waals surface area contributed by atoms with Crippen molar-refractivity contribution in [2.24, 2.45) is 4.99 Å². The molecule has 1 aromatic carbocycles. The molecule has 6 heteroatoms. The number of nitrogens with zero attached hydrogens (tertiary/aromatic N) is 2. The second kappa shape index (κ2) is 4.10. The molecule has 1 atom stereocenters. The van der Waals surface area contributed by atoms with Gasteiger partial charge in [-0.15, -0.1) is 0 Å². The summed E-state index contributed by atoms with van der Waals surface area (Å²) in [6.07, 6.45) is 1.49. The number of hydrogen-bond donors (Lipinski definition) is 3. The number of aliphatic hydroxyl groups is 1. The predicted octanol–water partition coefficient (Wildman–Crippen LogP) is 0.721. The third kappa shape index (κ3) is 1.96. The number of carbonyl (C=O) groups excluding carboxylic acids is 1. The molecule has 98 valence electrons. The van der Waals surface area contributed by atoms with E-state index in [0.29, 0.717) is 18.1 Å². The van der Waals surface area contributed by atoms with Crippen LogP contribution in [0.1, 0.15) is 12.5 Å². The first-order valence-electron chi connectivity index (χ1n) is 5.98. The summed E-state index contributed by atoms with van der Waals surface area (Å²) in [6.45, 7) is 2.38. The van der Waals surface area contributed by atoms with E-state index in [4.69, 9.17) is 0 Å². The summed E-state index contributed by atoms with van der Waals surface area (Å²) >= 11 is 0. The smallest absolute Gasteiger partial charge is 0.322 e. The first kappa shape index (κ1) is 11.7. The minimum Gasteiger partial charge on any atom is -0.348 e. The van der Waals surface area contributed by atoms with Crippen molar-refractivity contribution in [1.29, 1.82) is 0 Å². The van der Waals surface area contributed by atoms with E-state index in [1.54, 1.807) is 6.92 Å². The molecular weight excluding hydrogens is 244 g/mol. The Labute approximate surface area is 110 Å². The van der Waals surface area contributed by atoms with Gasteiger partial charge in [-0.1, -0.05) is 30.3 Å². The molecule has 0 aromatic heterocycles. The minimum absolute atomic E-state index is 0.468. The highest BCUT2D eigenvalue weighted by molar-refractivity contribution is 5.88. The Morgan fingerprint density at radius 1 is 1.37 bits per heavy atom. The highest BCUT2D eigenvalue weighted by Crippen LogP contribution is 2.30. The molecule has 0 aliphatic carbocycles. The maximum absolute atomic E-state index is 11.3. The van der Waals surface area contributed by atoms with Crippen molar-refractivity contribution in [1.82, 2.24) is 15.5 Å². The summed E-state index contributed by atoms with van der Waals surface area (Å²) in [6, 6.07) is 9.40.